The molecule has 0 heterocycles. The maximum atomic E-state index is 11.6. The van der Waals surface area contributed by atoms with Crippen LogP contribution in [0.2, 0.25) is 0 Å². The average Bonchev–Trinajstić information content (AvgIpc) is 2.43. The Bertz CT molecular complexity index is 630. The van der Waals surface area contributed by atoms with Crippen LogP contribution in [-0.2, 0) is 30.9 Å². The lowest BCUT2D eigenvalue weighted by Gasteiger charge is -2.11. The van der Waals surface area contributed by atoms with Gasteiger partial charge < -0.3 is 15.8 Å². The number of nitrogens with one attached hydrogen (secondary N) is 1. The van der Waals surface area contributed by atoms with Gasteiger partial charge in [0.1, 0.15) is 0 Å². The Labute approximate surface area is 122 Å². The summed E-state index contributed by atoms with van der Waals surface area (Å²) in [6.45, 7) is 1.73. The lowest BCUT2D eigenvalue weighted by Crippen LogP contribution is -2.46. The molecule has 0 aliphatic rings. The van der Waals surface area contributed by atoms with E-state index >= 15 is 0 Å². The Morgan fingerprint density at radius 3 is 2.62 bits per heavy atom. The van der Waals surface area contributed by atoms with Crippen LogP contribution in [0.25, 0.3) is 0 Å². The molecule has 0 bridgehead atoms. The van der Waals surface area contributed by atoms with Crippen LogP contribution in [0, 0.1) is 0 Å². The predicted molar refractivity (Wildman–Crippen MR) is 74.3 cm³/mol. The fourth-order valence-electron chi connectivity index (χ4n) is 1.47. The van der Waals surface area contributed by atoms with Gasteiger partial charge in [0.25, 0.3) is 0 Å². The van der Waals surface area contributed by atoms with E-state index in [1.54, 1.807) is 13.0 Å². The number of amides is 1. The van der Waals surface area contributed by atoms with Crippen LogP contribution in [0.1, 0.15) is 12.5 Å². The van der Waals surface area contributed by atoms with Crippen molar-refractivity contribution < 1.29 is 22.7 Å². The first kappa shape index (κ1) is 17.1. The van der Waals surface area contributed by atoms with Gasteiger partial charge >= 0.3 is 5.97 Å². The Kier molecular flexibility index (Phi) is 5.82. The molecule has 8 nitrogen and oxygen atoms in total. The summed E-state index contributed by atoms with van der Waals surface area (Å²) in [7, 11) is -3.81. The van der Waals surface area contributed by atoms with Gasteiger partial charge in [-0.25, -0.2) is 18.4 Å². The van der Waals surface area contributed by atoms with E-state index in [4.69, 9.17) is 10.9 Å². The van der Waals surface area contributed by atoms with Gasteiger partial charge in [-0.2, -0.15) is 0 Å². The van der Waals surface area contributed by atoms with Crippen LogP contribution in [0.15, 0.2) is 29.2 Å². The van der Waals surface area contributed by atoms with E-state index in [-0.39, 0.29) is 18.0 Å². The lowest BCUT2D eigenvalue weighted by molar-refractivity contribution is -0.148. The third-order valence-corrected chi connectivity index (χ3v) is 3.43. The van der Waals surface area contributed by atoms with Crippen LogP contribution in [0.4, 0.5) is 0 Å². The zero-order chi connectivity index (χ0) is 16.0. The first-order chi connectivity index (χ1) is 9.75. The molecule has 1 unspecified atom stereocenters. The van der Waals surface area contributed by atoms with E-state index in [0.29, 0.717) is 5.56 Å². The second-order valence-electron chi connectivity index (χ2n) is 4.14. The van der Waals surface area contributed by atoms with Crippen molar-refractivity contribution in [1.82, 2.24) is 5.32 Å². The minimum absolute atomic E-state index is 0.00922. The van der Waals surface area contributed by atoms with Gasteiger partial charge in [0.2, 0.25) is 15.9 Å². The summed E-state index contributed by atoms with van der Waals surface area (Å²) in [4.78, 5) is 22.8. The minimum Gasteiger partial charge on any atom is -0.464 e. The Morgan fingerprint density at radius 1 is 1.38 bits per heavy atom. The number of ether oxygens (including phenoxy) is 1. The molecule has 21 heavy (non-hydrogen) atoms. The maximum absolute atomic E-state index is 11.6. The van der Waals surface area contributed by atoms with Gasteiger partial charge in [-0.05, 0) is 24.6 Å². The summed E-state index contributed by atoms with van der Waals surface area (Å²) >= 11 is 0. The van der Waals surface area contributed by atoms with Crippen molar-refractivity contribution in [2.45, 2.75) is 24.4 Å². The fraction of sp³-hybridized carbons (Fsp3) is 0.333. The topological polar surface area (TPSA) is 142 Å². The number of primary sulfonamides is 1. The molecule has 0 radical (unpaired) electrons. The van der Waals surface area contributed by atoms with Crippen molar-refractivity contribution in [2.24, 2.45) is 10.9 Å². The van der Waals surface area contributed by atoms with Crippen molar-refractivity contribution in [3.05, 3.63) is 29.8 Å². The van der Waals surface area contributed by atoms with Gasteiger partial charge in [0.15, 0.2) is 6.04 Å². The highest BCUT2D eigenvalue weighted by atomic mass is 32.2. The fourth-order valence-corrected chi connectivity index (χ4v) is 2.05. The van der Waals surface area contributed by atoms with Crippen LogP contribution in [0.3, 0.4) is 0 Å². The number of benzene rings is 1. The van der Waals surface area contributed by atoms with Crippen LogP contribution >= 0.6 is 0 Å². The van der Waals surface area contributed by atoms with Crippen molar-refractivity contribution >= 4 is 21.9 Å². The molecule has 0 saturated carbocycles. The number of hydrogen-bond acceptors (Lipinski definition) is 6. The number of rotatable bonds is 6. The van der Waals surface area contributed by atoms with E-state index < -0.39 is 27.9 Å². The SMILES string of the molecule is CCOC(=O)C(N)C(=O)NCc1cccc(S(N)(=O)=O)c1. The zero-order valence-corrected chi connectivity index (χ0v) is 12.2. The second kappa shape index (κ2) is 7.16. The lowest BCUT2D eigenvalue weighted by atomic mass is 10.2. The standard InChI is InChI=1S/C12H17N3O5S/c1-2-20-12(17)10(13)11(16)15-7-8-4-3-5-9(6-8)21(14,18)19/h3-6,10H,2,7,13H2,1H3,(H,15,16)(H2,14,18,19). The summed E-state index contributed by atoms with van der Waals surface area (Å²) in [5.41, 5.74) is 5.91. The molecule has 1 amide bonds. The monoisotopic (exact) mass is 315 g/mol. The molecular formula is C12H17N3O5S. The van der Waals surface area contributed by atoms with Crippen LogP contribution < -0.4 is 16.2 Å². The van der Waals surface area contributed by atoms with Gasteiger partial charge in [0, 0.05) is 6.54 Å². The number of carbonyl (C=O) groups is 2. The Morgan fingerprint density at radius 2 is 2.05 bits per heavy atom. The average molecular weight is 315 g/mol. The van der Waals surface area contributed by atoms with Gasteiger partial charge in [0.05, 0.1) is 11.5 Å². The third-order valence-electron chi connectivity index (χ3n) is 2.52. The Balaban J connectivity index is 2.67. The minimum atomic E-state index is -3.81. The molecule has 0 saturated heterocycles. The summed E-state index contributed by atoms with van der Waals surface area (Å²) < 4.78 is 27.0. The number of esters is 1. The van der Waals surface area contributed by atoms with E-state index in [1.807, 2.05) is 0 Å². The van der Waals surface area contributed by atoms with Gasteiger partial charge in [-0.1, -0.05) is 12.1 Å². The maximum Gasteiger partial charge on any atom is 0.332 e. The summed E-state index contributed by atoms with van der Waals surface area (Å²) in [5, 5.41) is 7.42. The van der Waals surface area contributed by atoms with E-state index in [1.165, 1.54) is 18.2 Å². The highest BCUT2D eigenvalue weighted by molar-refractivity contribution is 7.89. The Hall–Kier alpha value is -1.97. The smallest absolute Gasteiger partial charge is 0.332 e. The largest absolute Gasteiger partial charge is 0.464 e. The van der Waals surface area contributed by atoms with Crippen molar-refractivity contribution in [3.8, 4) is 0 Å². The molecule has 1 aromatic carbocycles. The van der Waals surface area contributed by atoms with Crippen LogP contribution in [0.5, 0.6) is 0 Å². The number of sulfonamides is 1. The molecule has 5 N–H and O–H groups in total. The quantitative estimate of drug-likeness (QED) is 0.446. The van der Waals surface area contributed by atoms with E-state index in [0.717, 1.165) is 0 Å². The normalized spacial score (nSPS) is 12.5. The highest BCUT2D eigenvalue weighted by Gasteiger charge is 2.23. The first-order valence-electron chi connectivity index (χ1n) is 6.07. The van der Waals surface area contributed by atoms with Crippen molar-refractivity contribution in [3.63, 3.8) is 0 Å². The van der Waals surface area contributed by atoms with Crippen molar-refractivity contribution in [2.75, 3.05) is 6.61 Å². The second-order valence-corrected chi connectivity index (χ2v) is 5.70. The molecule has 1 atom stereocenters. The molecule has 0 aromatic heterocycles. The van der Waals surface area contributed by atoms with Crippen molar-refractivity contribution in [1.29, 1.82) is 0 Å². The predicted octanol–water partition coefficient (Wildman–Crippen LogP) is -1.16. The number of carbonyl (C=O) groups excluding carboxylic acids is 2. The molecule has 116 valence electrons. The molecule has 0 aliphatic heterocycles. The molecule has 1 rings (SSSR count). The number of nitrogens with two attached hydrogens (primary N) is 2. The molecule has 1 aromatic rings. The van der Waals surface area contributed by atoms with E-state index in [9.17, 15) is 18.0 Å². The van der Waals surface area contributed by atoms with Gasteiger partial charge in [-0.15, -0.1) is 0 Å². The van der Waals surface area contributed by atoms with Gasteiger partial charge in [-0.3, -0.25) is 4.79 Å². The van der Waals surface area contributed by atoms with E-state index in [2.05, 4.69) is 10.1 Å². The first-order valence-corrected chi connectivity index (χ1v) is 7.62. The molecular weight excluding hydrogens is 298 g/mol. The highest BCUT2D eigenvalue weighted by Crippen LogP contribution is 2.09. The molecule has 0 spiro atoms. The van der Waals surface area contributed by atoms with Crippen LogP contribution in [-0.4, -0.2) is 32.9 Å². The molecule has 9 heteroatoms. The summed E-state index contributed by atoms with van der Waals surface area (Å²) in [6, 6.07) is 4.33. The number of hydrogen-bond donors (Lipinski definition) is 3. The zero-order valence-electron chi connectivity index (χ0n) is 11.4. The third kappa shape index (κ3) is 5.14. The molecule has 0 fully saturated rings. The summed E-state index contributed by atoms with van der Waals surface area (Å²) in [6.07, 6.45) is 0. The summed E-state index contributed by atoms with van der Waals surface area (Å²) in [5.74, 6) is -1.54. The molecule has 0 aliphatic carbocycles.